The number of amides is 1. The number of nitrogens with zero attached hydrogens (tertiary/aromatic N) is 2. The fraction of sp³-hybridized carbons (Fsp3) is 0.462. The Kier molecular flexibility index (Phi) is 4.83. The topological polar surface area (TPSA) is 70.5 Å². The summed E-state index contributed by atoms with van der Waals surface area (Å²) in [4.78, 5) is 28.6. The molecule has 1 fully saturated rings. The van der Waals surface area contributed by atoms with E-state index in [2.05, 4.69) is 4.98 Å². The lowest BCUT2D eigenvalue weighted by Crippen LogP contribution is -2.40. The third-order valence-electron chi connectivity index (χ3n) is 3.32. The number of piperidine rings is 1. The number of pyridine rings is 1. The quantitative estimate of drug-likeness (QED) is 0.870. The smallest absolute Gasteiger partial charge is 0.303 e. The number of aromatic nitrogens is 1. The summed E-state index contributed by atoms with van der Waals surface area (Å²) < 4.78 is 0. The molecule has 0 radical (unpaired) electrons. The Hall–Kier alpha value is -1.33. The maximum Gasteiger partial charge on any atom is 0.303 e. The summed E-state index contributed by atoms with van der Waals surface area (Å²) in [7, 11) is 0. The van der Waals surface area contributed by atoms with Crippen molar-refractivity contribution in [3.05, 3.63) is 28.0 Å². The molecular weight excluding hydrogens is 303 g/mol. The minimum atomic E-state index is -0.839. The van der Waals surface area contributed by atoms with Crippen LogP contribution in [0.5, 0.6) is 0 Å². The second-order valence-electron chi connectivity index (χ2n) is 4.84. The van der Waals surface area contributed by atoms with Gasteiger partial charge in [0.15, 0.2) is 0 Å². The van der Waals surface area contributed by atoms with E-state index in [-0.39, 0.29) is 28.4 Å². The second-order valence-corrected chi connectivity index (χ2v) is 5.64. The van der Waals surface area contributed by atoms with Crippen LogP contribution in [0, 0.1) is 5.92 Å². The number of carbonyl (C=O) groups excluding carboxylic acids is 1. The monoisotopic (exact) mass is 316 g/mol. The summed E-state index contributed by atoms with van der Waals surface area (Å²) in [5, 5.41) is 9.29. The summed E-state index contributed by atoms with van der Waals surface area (Å²) in [6.45, 7) is 1.03. The molecule has 7 heteroatoms. The molecule has 0 aromatic carbocycles. The summed E-state index contributed by atoms with van der Waals surface area (Å²) in [6, 6.07) is 1.44. The predicted octanol–water partition coefficient (Wildman–Crippen LogP) is 2.72. The van der Waals surface area contributed by atoms with E-state index in [0.717, 1.165) is 12.8 Å². The van der Waals surface area contributed by atoms with Crippen LogP contribution in [-0.4, -0.2) is 40.0 Å². The van der Waals surface area contributed by atoms with Crippen LogP contribution in [0.25, 0.3) is 0 Å². The Labute approximate surface area is 126 Å². The first-order chi connectivity index (χ1) is 9.47. The van der Waals surface area contributed by atoms with Gasteiger partial charge in [0.05, 0.1) is 10.6 Å². The lowest BCUT2D eigenvalue weighted by atomic mass is 9.94. The van der Waals surface area contributed by atoms with Crippen LogP contribution < -0.4 is 0 Å². The first-order valence-electron chi connectivity index (χ1n) is 6.29. The summed E-state index contributed by atoms with van der Waals surface area (Å²) in [5.74, 6) is -1.08. The predicted molar refractivity (Wildman–Crippen MR) is 75.1 cm³/mol. The zero-order chi connectivity index (χ0) is 14.7. The van der Waals surface area contributed by atoms with Crippen molar-refractivity contribution in [3.8, 4) is 0 Å². The normalized spacial score (nSPS) is 18.9. The lowest BCUT2D eigenvalue weighted by molar-refractivity contribution is -0.138. The van der Waals surface area contributed by atoms with Gasteiger partial charge in [-0.2, -0.15) is 0 Å². The van der Waals surface area contributed by atoms with Crippen LogP contribution in [0.3, 0.4) is 0 Å². The van der Waals surface area contributed by atoms with Gasteiger partial charge in [0, 0.05) is 25.7 Å². The molecule has 1 atom stereocenters. The van der Waals surface area contributed by atoms with Crippen molar-refractivity contribution >= 4 is 35.1 Å². The molecule has 2 heterocycles. The van der Waals surface area contributed by atoms with Crippen molar-refractivity contribution in [1.29, 1.82) is 0 Å². The van der Waals surface area contributed by atoms with Gasteiger partial charge in [-0.05, 0) is 24.8 Å². The molecule has 0 bridgehead atoms. The van der Waals surface area contributed by atoms with Crippen molar-refractivity contribution in [2.45, 2.75) is 19.3 Å². The highest BCUT2D eigenvalue weighted by Gasteiger charge is 2.27. The maximum atomic E-state index is 12.4. The molecule has 1 amide bonds. The first-order valence-corrected chi connectivity index (χ1v) is 7.05. The number of likely N-dealkylation sites (tertiary alicyclic amines) is 1. The van der Waals surface area contributed by atoms with E-state index in [4.69, 9.17) is 28.3 Å². The van der Waals surface area contributed by atoms with Crippen molar-refractivity contribution in [1.82, 2.24) is 9.88 Å². The minimum absolute atomic E-state index is 0.0127. The second kappa shape index (κ2) is 6.41. The molecule has 2 rings (SSSR count). The van der Waals surface area contributed by atoms with Crippen molar-refractivity contribution in [2.75, 3.05) is 13.1 Å². The van der Waals surface area contributed by atoms with Gasteiger partial charge in [0.2, 0.25) is 0 Å². The van der Waals surface area contributed by atoms with Crippen LogP contribution in [-0.2, 0) is 4.79 Å². The summed E-state index contributed by atoms with van der Waals surface area (Å²) >= 11 is 11.7. The van der Waals surface area contributed by atoms with Gasteiger partial charge in [0.25, 0.3) is 5.91 Å². The van der Waals surface area contributed by atoms with E-state index in [1.807, 2.05) is 0 Å². The Morgan fingerprint density at radius 3 is 2.90 bits per heavy atom. The van der Waals surface area contributed by atoms with Gasteiger partial charge in [0.1, 0.15) is 5.15 Å². The van der Waals surface area contributed by atoms with E-state index in [1.54, 1.807) is 4.90 Å². The van der Waals surface area contributed by atoms with Gasteiger partial charge in [-0.15, -0.1) is 0 Å². The van der Waals surface area contributed by atoms with Crippen LogP contribution in [0.2, 0.25) is 10.2 Å². The zero-order valence-corrected chi connectivity index (χ0v) is 12.2. The average Bonchev–Trinajstić information content (AvgIpc) is 2.40. The standard InChI is InChI=1S/C13H14Cl2N2O3/c14-10-6-16-11(15)5-9(10)13(20)17-3-1-2-8(7-17)4-12(18)19/h5-6,8H,1-4,7H2,(H,18,19). The Morgan fingerprint density at radius 2 is 2.20 bits per heavy atom. The van der Waals surface area contributed by atoms with Crippen molar-refractivity contribution in [3.63, 3.8) is 0 Å². The molecule has 0 saturated carbocycles. The Balaban J connectivity index is 2.12. The van der Waals surface area contributed by atoms with E-state index < -0.39 is 5.97 Å². The van der Waals surface area contributed by atoms with Gasteiger partial charge in [-0.1, -0.05) is 23.2 Å². The largest absolute Gasteiger partial charge is 0.481 e. The number of carboxylic acids is 1. The van der Waals surface area contributed by atoms with Crippen molar-refractivity contribution < 1.29 is 14.7 Å². The highest BCUT2D eigenvalue weighted by molar-refractivity contribution is 6.35. The molecular formula is C13H14Cl2N2O3. The molecule has 0 spiro atoms. The van der Waals surface area contributed by atoms with Gasteiger partial charge >= 0.3 is 5.97 Å². The molecule has 1 unspecified atom stereocenters. The SMILES string of the molecule is O=C(O)CC1CCCN(C(=O)c2cc(Cl)ncc2Cl)C1. The van der Waals surface area contributed by atoms with Crippen LogP contribution in [0.4, 0.5) is 0 Å². The fourth-order valence-corrected chi connectivity index (χ4v) is 2.75. The molecule has 1 aromatic heterocycles. The number of rotatable bonds is 3. The number of hydrogen-bond donors (Lipinski definition) is 1. The average molecular weight is 317 g/mol. The molecule has 20 heavy (non-hydrogen) atoms. The lowest BCUT2D eigenvalue weighted by Gasteiger charge is -2.32. The Bertz CT molecular complexity index is 536. The minimum Gasteiger partial charge on any atom is -0.481 e. The highest BCUT2D eigenvalue weighted by atomic mass is 35.5. The molecule has 5 nitrogen and oxygen atoms in total. The highest BCUT2D eigenvalue weighted by Crippen LogP contribution is 2.24. The summed E-state index contributed by atoms with van der Waals surface area (Å²) in [6.07, 6.45) is 3.03. The van der Waals surface area contributed by atoms with Gasteiger partial charge in [-0.25, -0.2) is 4.98 Å². The van der Waals surface area contributed by atoms with Crippen LogP contribution in [0.15, 0.2) is 12.3 Å². The van der Waals surface area contributed by atoms with Crippen molar-refractivity contribution in [2.24, 2.45) is 5.92 Å². The number of carbonyl (C=O) groups is 2. The Morgan fingerprint density at radius 1 is 1.45 bits per heavy atom. The molecule has 1 aromatic rings. The number of halogens is 2. The summed E-state index contributed by atoms with van der Waals surface area (Å²) in [5.41, 5.74) is 0.308. The van der Waals surface area contributed by atoms with E-state index >= 15 is 0 Å². The third-order valence-corrected chi connectivity index (χ3v) is 3.83. The maximum absolute atomic E-state index is 12.4. The zero-order valence-electron chi connectivity index (χ0n) is 10.7. The molecule has 1 saturated heterocycles. The van der Waals surface area contributed by atoms with Gasteiger partial charge < -0.3 is 10.0 Å². The van der Waals surface area contributed by atoms with E-state index in [9.17, 15) is 9.59 Å². The first kappa shape index (κ1) is 15.1. The van der Waals surface area contributed by atoms with Crippen LogP contribution in [0.1, 0.15) is 29.6 Å². The van der Waals surface area contributed by atoms with Gasteiger partial charge in [-0.3, -0.25) is 9.59 Å². The molecule has 1 aliphatic heterocycles. The molecule has 1 N–H and O–H groups in total. The molecule has 108 valence electrons. The third kappa shape index (κ3) is 3.61. The molecule has 1 aliphatic rings. The van der Waals surface area contributed by atoms with Crippen LogP contribution >= 0.6 is 23.2 Å². The number of aliphatic carboxylic acids is 1. The number of hydrogen-bond acceptors (Lipinski definition) is 3. The molecule has 0 aliphatic carbocycles. The van der Waals surface area contributed by atoms with E-state index in [0.29, 0.717) is 18.7 Å². The van der Waals surface area contributed by atoms with E-state index in [1.165, 1.54) is 12.3 Å². The fourth-order valence-electron chi connectivity index (χ4n) is 2.41. The number of carboxylic acid groups (broad SMARTS) is 1.